The molecule has 0 bridgehead atoms. The Morgan fingerprint density at radius 1 is 1.46 bits per heavy atom. The lowest BCUT2D eigenvalue weighted by Crippen LogP contribution is -1.82. The minimum Gasteiger partial charge on any atom is -0.504 e. The molecule has 0 saturated carbocycles. The van der Waals surface area contributed by atoms with Gasteiger partial charge < -0.3 is 10.2 Å². The van der Waals surface area contributed by atoms with Crippen LogP contribution in [-0.4, -0.2) is 21.5 Å². The van der Waals surface area contributed by atoms with Crippen LogP contribution >= 0.6 is 11.3 Å². The van der Waals surface area contributed by atoms with E-state index in [2.05, 4.69) is 4.98 Å². The van der Waals surface area contributed by atoms with E-state index in [-0.39, 0.29) is 17.1 Å². The van der Waals surface area contributed by atoms with Crippen molar-refractivity contribution in [3.8, 4) is 11.5 Å². The minimum atomic E-state index is -0.293. The zero-order chi connectivity index (χ0) is 9.42. The van der Waals surface area contributed by atoms with Crippen LogP contribution < -0.4 is 0 Å². The predicted octanol–water partition coefficient (Wildman–Crippen LogP) is 1.52. The molecule has 1 aromatic carbocycles. The highest BCUT2D eigenvalue weighted by Gasteiger charge is 2.12. The van der Waals surface area contributed by atoms with Gasteiger partial charge in [0.05, 0.1) is 11.0 Å². The number of hydrogen-bond acceptors (Lipinski definition) is 5. The van der Waals surface area contributed by atoms with Crippen molar-refractivity contribution in [2.24, 2.45) is 0 Å². The summed E-state index contributed by atoms with van der Waals surface area (Å²) in [5.41, 5.74) is 2.22. The normalized spacial score (nSPS) is 10.5. The number of fused-ring (bicyclic) bond motifs is 1. The predicted molar refractivity (Wildman–Crippen MR) is 48.3 cm³/mol. The SMILES string of the molecule is O=Cc1cc(O)c(O)c2scnc12. The molecule has 0 amide bonds. The van der Waals surface area contributed by atoms with E-state index in [4.69, 9.17) is 0 Å². The van der Waals surface area contributed by atoms with Crippen molar-refractivity contribution in [2.75, 3.05) is 0 Å². The molecule has 0 radical (unpaired) electrons. The molecule has 2 N–H and O–H groups in total. The van der Waals surface area contributed by atoms with Gasteiger partial charge in [-0.25, -0.2) is 4.98 Å². The molecule has 0 atom stereocenters. The Labute approximate surface area is 77.1 Å². The molecule has 4 nitrogen and oxygen atoms in total. The second kappa shape index (κ2) is 2.70. The number of aromatic nitrogens is 1. The van der Waals surface area contributed by atoms with Crippen LogP contribution in [0.2, 0.25) is 0 Å². The lowest BCUT2D eigenvalue weighted by atomic mass is 10.2. The van der Waals surface area contributed by atoms with Gasteiger partial charge in [-0.05, 0) is 6.07 Å². The number of rotatable bonds is 1. The third kappa shape index (κ3) is 1.05. The number of phenols is 2. The van der Waals surface area contributed by atoms with E-state index >= 15 is 0 Å². The van der Waals surface area contributed by atoms with Crippen LogP contribution in [0.1, 0.15) is 10.4 Å². The van der Waals surface area contributed by atoms with Gasteiger partial charge in [-0.2, -0.15) is 0 Å². The minimum absolute atomic E-state index is 0.219. The van der Waals surface area contributed by atoms with Crippen molar-refractivity contribution in [2.45, 2.75) is 0 Å². The van der Waals surface area contributed by atoms with E-state index in [1.165, 1.54) is 22.9 Å². The van der Waals surface area contributed by atoms with Gasteiger partial charge in [-0.15, -0.1) is 11.3 Å². The molecule has 2 rings (SSSR count). The van der Waals surface area contributed by atoms with Crippen LogP contribution in [0.25, 0.3) is 10.2 Å². The summed E-state index contributed by atoms with van der Waals surface area (Å²) in [7, 11) is 0. The number of phenolic OH excluding ortho intramolecular Hbond substituents is 2. The molecular weight excluding hydrogens is 190 g/mol. The average Bonchev–Trinajstić information content (AvgIpc) is 2.60. The highest BCUT2D eigenvalue weighted by atomic mass is 32.1. The van der Waals surface area contributed by atoms with E-state index < -0.39 is 0 Å². The van der Waals surface area contributed by atoms with Crippen LogP contribution in [0.3, 0.4) is 0 Å². The zero-order valence-electron chi connectivity index (χ0n) is 6.39. The van der Waals surface area contributed by atoms with E-state index in [1.807, 2.05) is 0 Å². The molecule has 0 fully saturated rings. The van der Waals surface area contributed by atoms with Crippen molar-refractivity contribution < 1.29 is 15.0 Å². The Morgan fingerprint density at radius 3 is 2.92 bits per heavy atom. The highest BCUT2D eigenvalue weighted by Crippen LogP contribution is 2.37. The first kappa shape index (κ1) is 8.00. The molecule has 1 heterocycles. The lowest BCUT2D eigenvalue weighted by Gasteiger charge is -1.99. The Balaban J connectivity index is 2.95. The Bertz CT molecular complexity index is 477. The van der Waals surface area contributed by atoms with Crippen LogP contribution in [0.5, 0.6) is 11.5 Å². The maximum absolute atomic E-state index is 10.6. The number of carbonyl (C=O) groups is 1. The second-order valence-corrected chi connectivity index (χ2v) is 3.34. The first-order valence-electron chi connectivity index (χ1n) is 3.47. The molecule has 66 valence electrons. The summed E-state index contributed by atoms with van der Waals surface area (Å²) in [4.78, 5) is 14.5. The van der Waals surface area contributed by atoms with Gasteiger partial charge in [0.15, 0.2) is 17.8 Å². The highest BCUT2D eigenvalue weighted by molar-refractivity contribution is 7.17. The van der Waals surface area contributed by atoms with Gasteiger partial charge in [0.1, 0.15) is 4.70 Å². The van der Waals surface area contributed by atoms with Gasteiger partial charge in [-0.3, -0.25) is 4.79 Å². The fraction of sp³-hybridized carbons (Fsp3) is 0. The van der Waals surface area contributed by atoms with Crippen molar-refractivity contribution in [1.29, 1.82) is 0 Å². The Kier molecular flexibility index (Phi) is 1.66. The Hall–Kier alpha value is -1.62. The molecule has 0 saturated heterocycles. The standard InChI is InChI=1S/C8H5NO3S/c10-2-4-1-5(11)7(12)8-6(4)9-3-13-8/h1-3,11-12H. The summed E-state index contributed by atoms with van der Waals surface area (Å²) < 4.78 is 0.433. The third-order valence-electron chi connectivity index (χ3n) is 1.72. The van der Waals surface area contributed by atoms with Crippen LogP contribution in [0.4, 0.5) is 0 Å². The molecule has 13 heavy (non-hydrogen) atoms. The average molecular weight is 195 g/mol. The van der Waals surface area contributed by atoms with E-state index in [0.717, 1.165) is 0 Å². The number of nitrogens with zero attached hydrogens (tertiary/aromatic N) is 1. The van der Waals surface area contributed by atoms with Crippen molar-refractivity contribution >= 4 is 27.8 Å². The summed E-state index contributed by atoms with van der Waals surface area (Å²) in [6.07, 6.45) is 0.598. The number of carbonyl (C=O) groups excluding carboxylic acids is 1. The second-order valence-electron chi connectivity index (χ2n) is 2.48. The van der Waals surface area contributed by atoms with Gasteiger partial charge >= 0.3 is 0 Å². The van der Waals surface area contributed by atoms with Gasteiger partial charge in [0.25, 0.3) is 0 Å². The number of aldehydes is 1. The summed E-state index contributed by atoms with van der Waals surface area (Å²) in [5, 5.41) is 18.6. The molecule has 0 aliphatic carbocycles. The number of benzene rings is 1. The van der Waals surface area contributed by atoms with Crippen LogP contribution in [0.15, 0.2) is 11.6 Å². The fourth-order valence-electron chi connectivity index (χ4n) is 1.11. The topological polar surface area (TPSA) is 70.4 Å². The van der Waals surface area contributed by atoms with Crippen molar-refractivity contribution in [3.63, 3.8) is 0 Å². The molecule has 1 aromatic heterocycles. The first-order valence-corrected chi connectivity index (χ1v) is 4.35. The zero-order valence-corrected chi connectivity index (χ0v) is 7.21. The fourth-order valence-corrected chi connectivity index (χ4v) is 1.87. The summed E-state index contributed by atoms with van der Waals surface area (Å²) >= 11 is 1.18. The molecular formula is C8H5NO3S. The monoisotopic (exact) mass is 195 g/mol. The van der Waals surface area contributed by atoms with E-state index in [1.54, 1.807) is 0 Å². The molecule has 0 aliphatic rings. The number of thiazole rings is 1. The van der Waals surface area contributed by atoms with Gasteiger partial charge in [0.2, 0.25) is 0 Å². The maximum atomic E-state index is 10.6. The number of hydrogen-bond donors (Lipinski definition) is 2. The smallest absolute Gasteiger partial charge is 0.177 e. The molecule has 0 unspecified atom stereocenters. The van der Waals surface area contributed by atoms with E-state index in [0.29, 0.717) is 16.5 Å². The molecule has 2 aromatic rings. The van der Waals surface area contributed by atoms with Gasteiger partial charge in [0, 0.05) is 5.56 Å². The lowest BCUT2D eigenvalue weighted by molar-refractivity contribution is 0.112. The molecule has 0 aliphatic heterocycles. The largest absolute Gasteiger partial charge is 0.504 e. The van der Waals surface area contributed by atoms with Crippen LogP contribution in [0, 0.1) is 0 Å². The van der Waals surface area contributed by atoms with Crippen molar-refractivity contribution in [3.05, 3.63) is 17.1 Å². The summed E-state index contributed by atoms with van der Waals surface area (Å²) in [6.45, 7) is 0. The van der Waals surface area contributed by atoms with Gasteiger partial charge in [-0.1, -0.05) is 0 Å². The third-order valence-corrected chi connectivity index (χ3v) is 2.55. The van der Waals surface area contributed by atoms with E-state index in [9.17, 15) is 15.0 Å². The Morgan fingerprint density at radius 2 is 2.23 bits per heavy atom. The summed E-state index contributed by atoms with van der Waals surface area (Å²) in [5.74, 6) is -0.512. The first-order chi connectivity index (χ1) is 6.24. The molecule has 5 heteroatoms. The number of aromatic hydroxyl groups is 2. The van der Waals surface area contributed by atoms with Crippen molar-refractivity contribution in [1.82, 2.24) is 4.98 Å². The van der Waals surface area contributed by atoms with Crippen LogP contribution in [-0.2, 0) is 0 Å². The maximum Gasteiger partial charge on any atom is 0.177 e. The quantitative estimate of drug-likeness (QED) is 0.534. The molecule has 0 spiro atoms. The summed E-state index contributed by atoms with van der Waals surface area (Å²) in [6, 6.07) is 1.20.